The van der Waals surface area contributed by atoms with E-state index in [0.29, 0.717) is 11.3 Å². The minimum Gasteiger partial charge on any atom is -0.366 e. The number of carbonyl (C=O) groups is 2. The molecule has 0 saturated carbocycles. The number of nitrogens with one attached hydrogen (secondary N) is 2. The number of benzene rings is 2. The van der Waals surface area contributed by atoms with Gasteiger partial charge in [0.05, 0.1) is 17.7 Å². The molecule has 2 amide bonds. The van der Waals surface area contributed by atoms with Gasteiger partial charge in [0.15, 0.2) is 0 Å². The van der Waals surface area contributed by atoms with E-state index in [4.69, 9.17) is 5.73 Å². The van der Waals surface area contributed by atoms with Gasteiger partial charge >= 0.3 is 0 Å². The Bertz CT molecular complexity index is 896. The number of H-pyrrole nitrogens is 1. The van der Waals surface area contributed by atoms with Crippen LogP contribution in [0.4, 0.5) is 5.69 Å². The Labute approximate surface area is 133 Å². The zero-order chi connectivity index (χ0) is 16.4. The number of aromatic nitrogens is 1. The number of carbonyl (C=O) groups excluding carboxylic acids is 2. The zero-order valence-corrected chi connectivity index (χ0v) is 12.7. The molecular formula is C18H17N3O2. The molecule has 0 radical (unpaired) electrons. The van der Waals surface area contributed by atoms with Crippen molar-refractivity contribution < 1.29 is 9.59 Å². The van der Waals surface area contributed by atoms with Gasteiger partial charge in [-0.15, -0.1) is 0 Å². The quantitative estimate of drug-likeness (QED) is 0.692. The molecule has 3 aromatic rings. The van der Waals surface area contributed by atoms with Crippen LogP contribution >= 0.6 is 0 Å². The van der Waals surface area contributed by atoms with Crippen molar-refractivity contribution in [2.24, 2.45) is 5.73 Å². The van der Waals surface area contributed by atoms with Crippen LogP contribution in [0, 0.1) is 6.92 Å². The normalized spacial score (nSPS) is 10.7. The van der Waals surface area contributed by atoms with Crippen LogP contribution in [0.1, 0.15) is 21.6 Å². The molecule has 0 fully saturated rings. The first-order valence-electron chi connectivity index (χ1n) is 7.31. The summed E-state index contributed by atoms with van der Waals surface area (Å²) in [5, 5.41) is 3.80. The molecule has 0 bridgehead atoms. The highest BCUT2D eigenvalue weighted by atomic mass is 16.2. The lowest BCUT2D eigenvalue weighted by Gasteiger charge is -2.09. The summed E-state index contributed by atoms with van der Waals surface area (Å²) in [6.07, 6.45) is 0.225. The number of aryl methyl sites for hydroxylation is 1. The highest BCUT2D eigenvalue weighted by Gasteiger charge is 2.14. The predicted molar refractivity (Wildman–Crippen MR) is 90.3 cm³/mol. The van der Waals surface area contributed by atoms with Crippen LogP contribution in [0.5, 0.6) is 0 Å². The predicted octanol–water partition coefficient (Wildman–Crippen LogP) is 2.76. The number of hydrogen-bond acceptors (Lipinski definition) is 2. The molecule has 5 heteroatoms. The fourth-order valence-electron chi connectivity index (χ4n) is 2.72. The maximum absolute atomic E-state index is 12.4. The Morgan fingerprint density at radius 1 is 1.09 bits per heavy atom. The van der Waals surface area contributed by atoms with Gasteiger partial charge in [0.25, 0.3) is 5.91 Å². The number of amides is 2. The van der Waals surface area contributed by atoms with E-state index in [-0.39, 0.29) is 12.3 Å². The van der Waals surface area contributed by atoms with E-state index in [1.54, 1.807) is 24.3 Å². The topological polar surface area (TPSA) is 88.0 Å². The Morgan fingerprint density at radius 3 is 2.57 bits per heavy atom. The van der Waals surface area contributed by atoms with Gasteiger partial charge in [0, 0.05) is 16.6 Å². The molecule has 1 aromatic heterocycles. The van der Waals surface area contributed by atoms with Gasteiger partial charge in [-0.1, -0.05) is 30.3 Å². The van der Waals surface area contributed by atoms with Crippen LogP contribution < -0.4 is 11.1 Å². The van der Waals surface area contributed by atoms with Crippen LogP contribution in [-0.4, -0.2) is 16.8 Å². The van der Waals surface area contributed by atoms with Gasteiger partial charge in [-0.05, 0) is 30.7 Å². The Hall–Kier alpha value is -3.08. The number of primary amides is 1. The van der Waals surface area contributed by atoms with Gasteiger partial charge < -0.3 is 16.0 Å². The first kappa shape index (κ1) is 14.8. The molecule has 1 heterocycles. The lowest BCUT2D eigenvalue weighted by Crippen LogP contribution is -2.19. The van der Waals surface area contributed by atoms with E-state index in [0.717, 1.165) is 22.2 Å². The van der Waals surface area contributed by atoms with E-state index in [2.05, 4.69) is 10.3 Å². The number of para-hydroxylation sites is 2. The fourth-order valence-corrected chi connectivity index (χ4v) is 2.72. The number of nitrogens with two attached hydrogens (primary N) is 1. The highest BCUT2D eigenvalue weighted by molar-refractivity contribution is 6.04. The van der Waals surface area contributed by atoms with E-state index < -0.39 is 5.91 Å². The summed E-state index contributed by atoms with van der Waals surface area (Å²) in [7, 11) is 0. The third kappa shape index (κ3) is 2.94. The SMILES string of the molecule is Cc1[nH]c2ccccc2c1CC(=O)Nc1ccccc1C(N)=O. The lowest BCUT2D eigenvalue weighted by atomic mass is 10.1. The average molecular weight is 307 g/mol. The molecule has 116 valence electrons. The van der Waals surface area contributed by atoms with Gasteiger partial charge in [0.1, 0.15) is 0 Å². The highest BCUT2D eigenvalue weighted by Crippen LogP contribution is 2.23. The second-order valence-corrected chi connectivity index (χ2v) is 5.41. The zero-order valence-electron chi connectivity index (χ0n) is 12.7. The van der Waals surface area contributed by atoms with Gasteiger partial charge in [-0.3, -0.25) is 9.59 Å². The van der Waals surface area contributed by atoms with E-state index in [1.807, 2.05) is 31.2 Å². The van der Waals surface area contributed by atoms with Crippen molar-refractivity contribution in [2.45, 2.75) is 13.3 Å². The Morgan fingerprint density at radius 2 is 1.78 bits per heavy atom. The molecule has 4 N–H and O–H groups in total. The summed E-state index contributed by atoms with van der Waals surface area (Å²) in [6, 6.07) is 14.6. The third-order valence-electron chi connectivity index (χ3n) is 3.83. The van der Waals surface area contributed by atoms with Crippen molar-refractivity contribution >= 4 is 28.4 Å². The molecule has 0 aliphatic heterocycles. The lowest BCUT2D eigenvalue weighted by molar-refractivity contribution is -0.115. The van der Waals surface area contributed by atoms with Crippen LogP contribution in [0.3, 0.4) is 0 Å². The summed E-state index contributed by atoms with van der Waals surface area (Å²) in [6.45, 7) is 1.94. The molecular weight excluding hydrogens is 290 g/mol. The molecule has 0 atom stereocenters. The molecule has 5 nitrogen and oxygen atoms in total. The van der Waals surface area contributed by atoms with Crippen LogP contribution in [-0.2, 0) is 11.2 Å². The maximum Gasteiger partial charge on any atom is 0.250 e. The van der Waals surface area contributed by atoms with E-state index in [1.165, 1.54) is 0 Å². The molecule has 23 heavy (non-hydrogen) atoms. The Kier molecular flexibility index (Phi) is 3.85. The number of hydrogen-bond donors (Lipinski definition) is 3. The standard InChI is InChI=1S/C18H17N3O2/c1-11-14(12-6-2-4-8-15(12)20-11)10-17(22)21-16-9-5-3-7-13(16)18(19)23/h2-9,20H,10H2,1H3,(H2,19,23)(H,21,22). The number of anilines is 1. The number of rotatable bonds is 4. The van der Waals surface area contributed by atoms with Crippen molar-refractivity contribution in [1.82, 2.24) is 4.98 Å². The first-order valence-corrected chi connectivity index (χ1v) is 7.31. The van der Waals surface area contributed by atoms with E-state index in [9.17, 15) is 9.59 Å². The Balaban J connectivity index is 1.85. The first-order chi connectivity index (χ1) is 11.1. The molecule has 3 rings (SSSR count). The molecule has 0 spiro atoms. The summed E-state index contributed by atoms with van der Waals surface area (Å²) >= 11 is 0. The molecule has 2 aromatic carbocycles. The van der Waals surface area contributed by atoms with Crippen LogP contribution in [0.25, 0.3) is 10.9 Å². The monoisotopic (exact) mass is 307 g/mol. The fraction of sp³-hybridized carbons (Fsp3) is 0.111. The van der Waals surface area contributed by atoms with Crippen molar-refractivity contribution in [3.63, 3.8) is 0 Å². The largest absolute Gasteiger partial charge is 0.366 e. The van der Waals surface area contributed by atoms with E-state index >= 15 is 0 Å². The van der Waals surface area contributed by atoms with Crippen molar-refractivity contribution in [3.8, 4) is 0 Å². The summed E-state index contributed by atoms with van der Waals surface area (Å²) in [5.41, 5.74) is 8.99. The van der Waals surface area contributed by atoms with Crippen molar-refractivity contribution in [1.29, 1.82) is 0 Å². The molecule has 0 aliphatic carbocycles. The summed E-state index contributed by atoms with van der Waals surface area (Å²) in [5.74, 6) is -0.754. The van der Waals surface area contributed by atoms with Crippen LogP contribution in [0.15, 0.2) is 48.5 Å². The number of aromatic amines is 1. The van der Waals surface area contributed by atoms with Crippen molar-refractivity contribution in [3.05, 3.63) is 65.4 Å². The van der Waals surface area contributed by atoms with Gasteiger partial charge in [-0.25, -0.2) is 0 Å². The average Bonchev–Trinajstić information content (AvgIpc) is 2.83. The minimum atomic E-state index is -0.566. The minimum absolute atomic E-state index is 0.188. The second-order valence-electron chi connectivity index (χ2n) is 5.41. The summed E-state index contributed by atoms with van der Waals surface area (Å²) < 4.78 is 0. The molecule has 0 saturated heterocycles. The van der Waals surface area contributed by atoms with Gasteiger partial charge in [-0.2, -0.15) is 0 Å². The van der Waals surface area contributed by atoms with Crippen LogP contribution in [0.2, 0.25) is 0 Å². The third-order valence-corrected chi connectivity index (χ3v) is 3.83. The van der Waals surface area contributed by atoms with Gasteiger partial charge in [0.2, 0.25) is 5.91 Å². The van der Waals surface area contributed by atoms with Crippen molar-refractivity contribution in [2.75, 3.05) is 5.32 Å². The molecule has 0 unspecified atom stereocenters. The smallest absolute Gasteiger partial charge is 0.250 e. The molecule has 0 aliphatic rings. The second kappa shape index (κ2) is 5.96. The number of fused-ring (bicyclic) bond motifs is 1. The maximum atomic E-state index is 12.4. The summed E-state index contributed by atoms with van der Waals surface area (Å²) in [4.78, 5) is 27.1.